The molecule has 134 valence electrons. The van der Waals surface area contributed by atoms with Crippen molar-refractivity contribution in [1.29, 1.82) is 5.26 Å². The van der Waals surface area contributed by atoms with Crippen LogP contribution in [0, 0.1) is 11.3 Å². The van der Waals surface area contributed by atoms with Crippen LogP contribution in [-0.2, 0) is 4.79 Å². The van der Waals surface area contributed by atoms with Gasteiger partial charge in [0.05, 0.1) is 23.7 Å². The van der Waals surface area contributed by atoms with Gasteiger partial charge in [0.15, 0.2) is 0 Å². The summed E-state index contributed by atoms with van der Waals surface area (Å²) in [5.41, 5.74) is 3.31. The van der Waals surface area contributed by atoms with Gasteiger partial charge in [-0.25, -0.2) is 0 Å². The van der Waals surface area contributed by atoms with Crippen LogP contribution in [0.1, 0.15) is 29.7 Å². The van der Waals surface area contributed by atoms with E-state index in [1.54, 1.807) is 24.3 Å². The smallest absolute Gasteiger partial charge is 0.241 e. The Morgan fingerprint density at radius 2 is 1.48 bits per heavy atom. The van der Waals surface area contributed by atoms with Gasteiger partial charge in [0.25, 0.3) is 0 Å². The number of benzene rings is 3. The Kier molecular flexibility index (Phi) is 5.98. The second-order valence-electron chi connectivity index (χ2n) is 6.32. The molecule has 3 aromatic rings. The largest absolute Gasteiger partial charge is 0.325 e. The molecule has 3 aromatic carbocycles. The van der Waals surface area contributed by atoms with Crippen molar-refractivity contribution < 1.29 is 4.79 Å². The summed E-state index contributed by atoms with van der Waals surface area (Å²) in [6.45, 7) is 1.84. The minimum Gasteiger partial charge on any atom is -0.325 e. The zero-order chi connectivity index (χ0) is 19.1. The van der Waals surface area contributed by atoms with E-state index in [0.717, 1.165) is 11.1 Å². The number of carbonyl (C=O) groups is 1. The number of carbonyl (C=O) groups excluding carboxylic acids is 1. The number of hydrogen-bond donors (Lipinski definition) is 2. The molecule has 1 atom stereocenters. The maximum absolute atomic E-state index is 12.7. The third-order valence-corrected chi connectivity index (χ3v) is 4.33. The highest BCUT2D eigenvalue weighted by Crippen LogP contribution is 2.22. The number of nitrogens with one attached hydrogen (secondary N) is 2. The summed E-state index contributed by atoms with van der Waals surface area (Å²) in [5, 5.41) is 15.3. The topological polar surface area (TPSA) is 64.9 Å². The van der Waals surface area contributed by atoms with Crippen LogP contribution in [0.25, 0.3) is 0 Å². The van der Waals surface area contributed by atoms with Crippen LogP contribution in [0.5, 0.6) is 0 Å². The van der Waals surface area contributed by atoms with Gasteiger partial charge in [0.1, 0.15) is 0 Å². The maximum Gasteiger partial charge on any atom is 0.241 e. The van der Waals surface area contributed by atoms with Gasteiger partial charge in [0, 0.05) is 5.69 Å². The average molecular weight is 355 g/mol. The van der Waals surface area contributed by atoms with E-state index in [1.165, 1.54) is 0 Å². The Balaban J connectivity index is 1.77. The van der Waals surface area contributed by atoms with E-state index in [4.69, 9.17) is 5.26 Å². The summed E-state index contributed by atoms with van der Waals surface area (Å²) < 4.78 is 0. The van der Waals surface area contributed by atoms with E-state index >= 15 is 0 Å². The zero-order valence-corrected chi connectivity index (χ0v) is 15.1. The highest BCUT2D eigenvalue weighted by atomic mass is 16.2. The average Bonchev–Trinajstić information content (AvgIpc) is 2.73. The van der Waals surface area contributed by atoms with Crippen molar-refractivity contribution in [3.8, 4) is 6.07 Å². The predicted octanol–water partition coefficient (Wildman–Crippen LogP) is 4.26. The van der Waals surface area contributed by atoms with E-state index in [2.05, 4.69) is 16.7 Å². The van der Waals surface area contributed by atoms with E-state index in [9.17, 15) is 4.79 Å². The second kappa shape index (κ2) is 8.79. The first kappa shape index (κ1) is 18.4. The van der Waals surface area contributed by atoms with Gasteiger partial charge in [0.2, 0.25) is 5.91 Å². The fraction of sp³-hybridized carbons (Fsp3) is 0.130. The SMILES string of the molecule is CC(NC(c1ccccc1)c1ccccc1)C(=O)Nc1cccc(C#N)c1. The van der Waals surface area contributed by atoms with Gasteiger partial charge >= 0.3 is 0 Å². The molecule has 0 saturated carbocycles. The summed E-state index contributed by atoms with van der Waals surface area (Å²) in [7, 11) is 0. The maximum atomic E-state index is 12.7. The quantitative estimate of drug-likeness (QED) is 0.694. The summed E-state index contributed by atoms with van der Waals surface area (Å²) in [6.07, 6.45) is 0. The van der Waals surface area contributed by atoms with E-state index in [-0.39, 0.29) is 11.9 Å². The number of anilines is 1. The minimum atomic E-state index is -0.429. The number of nitrogens with zero attached hydrogens (tertiary/aromatic N) is 1. The molecule has 0 aliphatic carbocycles. The highest BCUT2D eigenvalue weighted by molar-refractivity contribution is 5.94. The fourth-order valence-corrected chi connectivity index (χ4v) is 2.92. The molecule has 0 aliphatic rings. The molecule has 0 aliphatic heterocycles. The normalized spacial score (nSPS) is 11.6. The number of rotatable bonds is 6. The molecule has 0 aromatic heterocycles. The molecule has 1 amide bonds. The molecule has 0 fully saturated rings. The van der Waals surface area contributed by atoms with Crippen molar-refractivity contribution in [3.05, 3.63) is 102 Å². The minimum absolute atomic E-state index is 0.0985. The zero-order valence-electron chi connectivity index (χ0n) is 15.1. The van der Waals surface area contributed by atoms with Crippen molar-refractivity contribution in [1.82, 2.24) is 5.32 Å². The summed E-state index contributed by atoms with van der Waals surface area (Å²) in [5.74, 6) is -0.151. The first-order valence-corrected chi connectivity index (χ1v) is 8.84. The summed E-state index contributed by atoms with van der Waals surface area (Å²) >= 11 is 0. The fourth-order valence-electron chi connectivity index (χ4n) is 2.92. The lowest BCUT2D eigenvalue weighted by Gasteiger charge is -2.24. The van der Waals surface area contributed by atoms with Crippen LogP contribution in [-0.4, -0.2) is 11.9 Å². The molecular weight excluding hydrogens is 334 g/mol. The first-order valence-electron chi connectivity index (χ1n) is 8.84. The van der Waals surface area contributed by atoms with E-state index < -0.39 is 6.04 Å². The molecule has 2 N–H and O–H groups in total. The molecule has 0 radical (unpaired) electrons. The van der Waals surface area contributed by atoms with Gasteiger partial charge in [-0.2, -0.15) is 5.26 Å². The van der Waals surface area contributed by atoms with Gasteiger partial charge in [-0.1, -0.05) is 66.7 Å². The second-order valence-corrected chi connectivity index (χ2v) is 6.32. The molecule has 0 spiro atoms. The van der Waals surface area contributed by atoms with Crippen molar-refractivity contribution in [2.75, 3.05) is 5.32 Å². The van der Waals surface area contributed by atoms with Gasteiger partial charge in [-0.3, -0.25) is 10.1 Å². The highest BCUT2D eigenvalue weighted by Gasteiger charge is 2.20. The summed E-state index contributed by atoms with van der Waals surface area (Å²) in [4.78, 5) is 12.7. The Hall–Kier alpha value is -3.42. The Morgan fingerprint density at radius 1 is 0.889 bits per heavy atom. The number of hydrogen-bond acceptors (Lipinski definition) is 3. The van der Waals surface area contributed by atoms with Crippen molar-refractivity contribution >= 4 is 11.6 Å². The molecule has 27 heavy (non-hydrogen) atoms. The van der Waals surface area contributed by atoms with Gasteiger partial charge < -0.3 is 5.32 Å². The van der Waals surface area contributed by atoms with E-state index in [1.807, 2.05) is 67.6 Å². The van der Waals surface area contributed by atoms with Crippen molar-refractivity contribution in [2.45, 2.75) is 19.0 Å². The van der Waals surface area contributed by atoms with Gasteiger partial charge in [-0.15, -0.1) is 0 Å². The molecule has 1 unspecified atom stereocenters. The Labute approximate surface area is 159 Å². The first-order chi connectivity index (χ1) is 13.2. The molecule has 4 nitrogen and oxygen atoms in total. The Morgan fingerprint density at radius 3 is 2.04 bits per heavy atom. The predicted molar refractivity (Wildman–Crippen MR) is 107 cm³/mol. The van der Waals surface area contributed by atoms with Crippen LogP contribution in [0.3, 0.4) is 0 Å². The molecular formula is C23H21N3O. The molecule has 0 bridgehead atoms. The lowest BCUT2D eigenvalue weighted by atomic mass is 9.98. The summed E-state index contributed by atoms with van der Waals surface area (Å²) in [6, 6.07) is 28.6. The molecule has 4 heteroatoms. The monoisotopic (exact) mass is 355 g/mol. The molecule has 0 heterocycles. The third kappa shape index (κ3) is 4.81. The van der Waals surface area contributed by atoms with Crippen LogP contribution in [0.4, 0.5) is 5.69 Å². The van der Waals surface area contributed by atoms with Crippen LogP contribution in [0.2, 0.25) is 0 Å². The third-order valence-electron chi connectivity index (χ3n) is 4.33. The lowest BCUT2D eigenvalue weighted by Crippen LogP contribution is -2.40. The molecule has 3 rings (SSSR count). The Bertz CT molecular complexity index is 893. The standard InChI is InChI=1S/C23H21N3O/c1-17(23(27)26-21-14-8-9-18(15-21)16-24)25-22(19-10-4-2-5-11-19)20-12-6-3-7-13-20/h2-15,17,22,25H,1H3,(H,26,27). The van der Waals surface area contributed by atoms with Crippen molar-refractivity contribution in [3.63, 3.8) is 0 Å². The van der Waals surface area contributed by atoms with Crippen molar-refractivity contribution in [2.24, 2.45) is 0 Å². The van der Waals surface area contributed by atoms with Crippen LogP contribution >= 0.6 is 0 Å². The number of nitriles is 1. The van der Waals surface area contributed by atoms with E-state index in [0.29, 0.717) is 11.3 Å². The van der Waals surface area contributed by atoms with Gasteiger partial charge in [-0.05, 0) is 36.2 Å². The van der Waals surface area contributed by atoms with Crippen LogP contribution in [0.15, 0.2) is 84.9 Å². The number of amides is 1. The van der Waals surface area contributed by atoms with Crippen LogP contribution < -0.4 is 10.6 Å². The lowest BCUT2D eigenvalue weighted by molar-refractivity contribution is -0.117. The molecule has 0 saturated heterocycles.